The van der Waals surface area contributed by atoms with Crippen molar-refractivity contribution >= 4 is 23.3 Å². The van der Waals surface area contributed by atoms with Crippen LogP contribution >= 0.6 is 11.3 Å². The third-order valence-electron chi connectivity index (χ3n) is 3.15. The summed E-state index contributed by atoms with van der Waals surface area (Å²) in [6.07, 6.45) is 1.91. The van der Waals surface area contributed by atoms with Crippen molar-refractivity contribution in [2.45, 2.75) is 31.8 Å². The Morgan fingerprint density at radius 2 is 2.28 bits per heavy atom. The molecule has 0 spiro atoms. The molecule has 18 heavy (non-hydrogen) atoms. The Morgan fingerprint density at radius 3 is 2.89 bits per heavy atom. The van der Waals surface area contributed by atoms with Crippen LogP contribution in [0.1, 0.15) is 24.8 Å². The lowest BCUT2D eigenvalue weighted by molar-refractivity contribution is -0.141. The Labute approximate surface area is 109 Å². The molecule has 1 fully saturated rings. The molecule has 1 aliphatic carbocycles. The number of amides is 2. The Bertz CT molecular complexity index is 419. The second-order valence-electron chi connectivity index (χ2n) is 4.50. The van der Waals surface area contributed by atoms with Gasteiger partial charge in [-0.25, -0.2) is 4.79 Å². The normalized spacial score (nSPS) is 22.7. The highest BCUT2D eigenvalue weighted by atomic mass is 32.1. The van der Waals surface area contributed by atoms with E-state index >= 15 is 0 Å². The molecule has 0 unspecified atom stereocenters. The van der Waals surface area contributed by atoms with Gasteiger partial charge < -0.3 is 15.7 Å². The SMILES string of the molecule is O=C(NCc1ccsc1)N[C@H]1CC[C@@H](C(=O)O)C1. The van der Waals surface area contributed by atoms with Gasteiger partial charge in [-0.05, 0) is 41.7 Å². The van der Waals surface area contributed by atoms with E-state index in [4.69, 9.17) is 5.11 Å². The number of thiophene rings is 1. The summed E-state index contributed by atoms with van der Waals surface area (Å²) in [5.74, 6) is -1.08. The van der Waals surface area contributed by atoms with Gasteiger partial charge in [-0.2, -0.15) is 11.3 Å². The first kappa shape index (κ1) is 12.9. The molecule has 0 aromatic carbocycles. The van der Waals surface area contributed by atoms with Crippen LogP contribution in [-0.4, -0.2) is 23.1 Å². The number of carbonyl (C=O) groups excluding carboxylic acids is 1. The van der Waals surface area contributed by atoms with Crippen LogP contribution in [0.4, 0.5) is 4.79 Å². The maximum Gasteiger partial charge on any atom is 0.315 e. The molecular weight excluding hydrogens is 252 g/mol. The van der Waals surface area contributed by atoms with E-state index < -0.39 is 5.97 Å². The van der Waals surface area contributed by atoms with E-state index in [-0.39, 0.29) is 18.0 Å². The molecule has 5 nitrogen and oxygen atoms in total. The first-order chi connectivity index (χ1) is 8.65. The number of rotatable bonds is 4. The number of aliphatic carboxylic acids is 1. The summed E-state index contributed by atoms with van der Waals surface area (Å²) >= 11 is 1.59. The highest BCUT2D eigenvalue weighted by Gasteiger charge is 2.30. The van der Waals surface area contributed by atoms with Gasteiger partial charge in [0.1, 0.15) is 0 Å². The smallest absolute Gasteiger partial charge is 0.315 e. The van der Waals surface area contributed by atoms with E-state index in [0.717, 1.165) is 12.0 Å². The molecule has 2 atom stereocenters. The lowest BCUT2D eigenvalue weighted by atomic mass is 10.1. The molecule has 6 heteroatoms. The minimum atomic E-state index is -0.766. The third-order valence-corrected chi connectivity index (χ3v) is 3.88. The van der Waals surface area contributed by atoms with Crippen LogP contribution in [0.2, 0.25) is 0 Å². The standard InChI is InChI=1S/C12H16N2O3S/c15-11(16)9-1-2-10(5-9)14-12(17)13-6-8-3-4-18-7-8/h3-4,7,9-10H,1-2,5-6H2,(H,15,16)(H2,13,14,17)/t9-,10+/m1/s1. The predicted octanol–water partition coefficient (Wildman–Crippen LogP) is 1.80. The fourth-order valence-electron chi connectivity index (χ4n) is 2.15. The van der Waals surface area contributed by atoms with E-state index in [0.29, 0.717) is 19.4 Å². The second-order valence-corrected chi connectivity index (χ2v) is 5.28. The largest absolute Gasteiger partial charge is 0.481 e. The summed E-state index contributed by atoms with van der Waals surface area (Å²) in [6.45, 7) is 0.504. The quantitative estimate of drug-likeness (QED) is 0.779. The average molecular weight is 268 g/mol. The summed E-state index contributed by atoms with van der Waals surface area (Å²) in [6, 6.07) is 1.71. The molecule has 3 N–H and O–H groups in total. The molecule has 98 valence electrons. The minimum Gasteiger partial charge on any atom is -0.481 e. The maximum atomic E-state index is 11.6. The minimum absolute atomic E-state index is 0.0198. The molecule has 1 saturated carbocycles. The molecule has 2 rings (SSSR count). The summed E-state index contributed by atoms with van der Waals surface area (Å²) in [4.78, 5) is 22.4. The molecule has 0 saturated heterocycles. The summed E-state index contributed by atoms with van der Waals surface area (Å²) in [7, 11) is 0. The lowest BCUT2D eigenvalue weighted by Crippen LogP contribution is -2.40. The fourth-order valence-corrected chi connectivity index (χ4v) is 2.82. The van der Waals surface area contributed by atoms with E-state index in [9.17, 15) is 9.59 Å². The van der Waals surface area contributed by atoms with E-state index in [1.54, 1.807) is 11.3 Å². The Morgan fingerprint density at radius 1 is 1.44 bits per heavy atom. The van der Waals surface area contributed by atoms with Gasteiger partial charge in [0.2, 0.25) is 0 Å². The lowest BCUT2D eigenvalue weighted by Gasteiger charge is -2.13. The van der Waals surface area contributed by atoms with Crippen molar-refractivity contribution in [2.24, 2.45) is 5.92 Å². The van der Waals surface area contributed by atoms with Gasteiger partial charge >= 0.3 is 12.0 Å². The van der Waals surface area contributed by atoms with Crippen molar-refractivity contribution in [1.29, 1.82) is 0 Å². The number of urea groups is 1. The topological polar surface area (TPSA) is 78.4 Å². The van der Waals surface area contributed by atoms with Gasteiger partial charge in [-0.1, -0.05) is 0 Å². The van der Waals surface area contributed by atoms with Crippen LogP contribution in [0.25, 0.3) is 0 Å². The average Bonchev–Trinajstić information content (AvgIpc) is 2.96. The highest BCUT2D eigenvalue weighted by molar-refractivity contribution is 7.07. The van der Waals surface area contributed by atoms with Crippen molar-refractivity contribution in [1.82, 2.24) is 10.6 Å². The van der Waals surface area contributed by atoms with Crippen molar-refractivity contribution in [2.75, 3.05) is 0 Å². The molecule has 1 aromatic rings. The van der Waals surface area contributed by atoms with Gasteiger partial charge in [0.05, 0.1) is 5.92 Å². The van der Waals surface area contributed by atoms with Gasteiger partial charge in [0.15, 0.2) is 0 Å². The molecule has 0 aliphatic heterocycles. The van der Waals surface area contributed by atoms with Gasteiger partial charge in [0, 0.05) is 12.6 Å². The first-order valence-corrected chi connectivity index (χ1v) is 6.87. The van der Waals surface area contributed by atoms with Gasteiger partial charge in [0.25, 0.3) is 0 Å². The zero-order chi connectivity index (χ0) is 13.0. The first-order valence-electron chi connectivity index (χ1n) is 5.93. The zero-order valence-corrected chi connectivity index (χ0v) is 10.7. The van der Waals surface area contributed by atoms with Crippen molar-refractivity contribution < 1.29 is 14.7 Å². The molecule has 0 radical (unpaired) electrons. The summed E-state index contributed by atoms with van der Waals surface area (Å²) in [5, 5.41) is 18.4. The van der Waals surface area contributed by atoms with E-state index in [2.05, 4.69) is 10.6 Å². The van der Waals surface area contributed by atoms with Crippen LogP contribution in [0, 0.1) is 5.92 Å². The van der Waals surface area contributed by atoms with Crippen LogP contribution in [0.3, 0.4) is 0 Å². The molecule has 1 aliphatic rings. The number of hydrogen-bond acceptors (Lipinski definition) is 3. The molecule has 0 bridgehead atoms. The van der Waals surface area contributed by atoms with E-state index in [1.165, 1.54) is 0 Å². The molecular formula is C12H16N2O3S. The molecule has 2 amide bonds. The number of hydrogen-bond donors (Lipinski definition) is 3. The highest BCUT2D eigenvalue weighted by Crippen LogP contribution is 2.25. The molecule has 1 aromatic heterocycles. The second kappa shape index (κ2) is 5.86. The van der Waals surface area contributed by atoms with Gasteiger partial charge in [-0.15, -0.1) is 0 Å². The van der Waals surface area contributed by atoms with Crippen LogP contribution in [-0.2, 0) is 11.3 Å². The third kappa shape index (κ3) is 3.46. The Balaban J connectivity index is 1.70. The zero-order valence-electron chi connectivity index (χ0n) is 9.89. The predicted molar refractivity (Wildman–Crippen MR) is 68.5 cm³/mol. The summed E-state index contributed by atoms with van der Waals surface area (Å²) in [5.41, 5.74) is 1.07. The molecule has 1 heterocycles. The van der Waals surface area contributed by atoms with Crippen molar-refractivity contribution in [3.63, 3.8) is 0 Å². The van der Waals surface area contributed by atoms with Crippen molar-refractivity contribution in [3.8, 4) is 0 Å². The van der Waals surface area contributed by atoms with Gasteiger partial charge in [-0.3, -0.25) is 4.79 Å². The Kier molecular flexibility index (Phi) is 4.19. The monoisotopic (exact) mass is 268 g/mol. The Hall–Kier alpha value is -1.56. The number of carboxylic acids is 1. The maximum absolute atomic E-state index is 11.6. The van der Waals surface area contributed by atoms with Crippen LogP contribution < -0.4 is 10.6 Å². The van der Waals surface area contributed by atoms with Crippen LogP contribution in [0.5, 0.6) is 0 Å². The number of carbonyl (C=O) groups is 2. The van der Waals surface area contributed by atoms with Crippen molar-refractivity contribution in [3.05, 3.63) is 22.4 Å². The number of carboxylic acid groups (broad SMARTS) is 1. The van der Waals surface area contributed by atoms with Crippen LogP contribution in [0.15, 0.2) is 16.8 Å². The fraction of sp³-hybridized carbons (Fsp3) is 0.500. The number of nitrogens with one attached hydrogen (secondary N) is 2. The van der Waals surface area contributed by atoms with E-state index in [1.807, 2.05) is 16.8 Å². The summed E-state index contributed by atoms with van der Waals surface area (Å²) < 4.78 is 0.